The first kappa shape index (κ1) is 17.6. The van der Waals surface area contributed by atoms with Gasteiger partial charge in [-0.2, -0.15) is 4.98 Å². The first-order valence-electron chi connectivity index (χ1n) is 9.71. The Morgan fingerprint density at radius 1 is 1.23 bits per heavy atom. The van der Waals surface area contributed by atoms with Crippen molar-refractivity contribution in [3.8, 4) is 11.4 Å². The third kappa shape index (κ3) is 3.98. The van der Waals surface area contributed by atoms with Gasteiger partial charge in [0.2, 0.25) is 11.7 Å². The van der Waals surface area contributed by atoms with E-state index in [0.717, 1.165) is 38.0 Å². The van der Waals surface area contributed by atoms with Gasteiger partial charge in [0.15, 0.2) is 0 Å². The summed E-state index contributed by atoms with van der Waals surface area (Å²) in [6.45, 7) is 3.11. The van der Waals surface area contributed by atoms with E-state index in [1.807, 2.05) is 37.4 Å². The van der Waals surface area contributed by atoms with Crippen LogP contribution in [0.1, 0.15) is 31.6 Å². The molecule has 1 saturated heterocycles. The molecule has 1 aromatic heterocycles. The highest BCUT2D eigenvalue weighted by atomic mass is 16.5. The fourth-order valence-electron chi connectivity index (χ4n) is 4.29. The third-order valence-electron chi connectivity index (χ3n) is 5.70. The fourth-order valence-corrected chi connectivity index (χ4v) is 4.29. The summed E-state index contributed by atoms with van der Waals surface area (Å²) in [6.07, 6.45) is 6.17. The van der Waals surface area contributed by atoms with Gasteiger partial charge in [-0.15, -0.1) is 0 Å². The number of nitrogens with one attached hydrogen (secondary N) is 1. The van der Waals surface area contributed by atoms with Crippen LogP contribution in [0.25, 0.3) is 11.4 Å². The predicted molar refractivity (Wildman–Crippen MR) is 99.9 cm³/mol. The molecule has 1 unspecified atom stereocenters. The normalized spacial score (nSPS) is 26.6. The lowest BCUT2D eigenvalue weighted by molar-refractivity contribution is 0.0980. The molecule has 6 nitrogen and oxygen atoms in total. The molecule has 0 spiro atoms. The van der Waals surface area contributed by atoms with E-state index in [1.54, 1.807) is 0 Å². The zero-order chi connectivity index (χ0) is 17.8. The number of hydrogen-bond acceptors (Lipinski definition) is 6. The van der Waals surface area contributed by atoms with E-state index in [9.17, 15) is 0 Å². The number of hydrogen-bond donors (Lipinski definition) is 1. The van der Waals surface area contributed by atoms with Crippen LogP contribution in [0.5, 0.6) is 0 Å². The van der Waals surface area contributed by atoms with E-state index >= 15 is 0 Å². The second-order valence-electron chi connectivity index (χ2n) is 7.33. The van der Waals surface area contributed by atoms with E-state index < -0.39 is 0 Å². The number of rotatable bonds is 7. The molecule has 1 N–H and O–H groups in total. The number of likely N-dealkylation sites (tertiary alicyclic amines) is 1. The van der Waals surface area contributed by atoms with Crippen molar-refractivity contribution in [3.63, 3.8) is 0 Å². The molecule has 3 atom stereocenters. The van der Waals surface area contributed by atoms with Gasteiger partial charge in [0.05, 0.1) is 6.10 Å². The smallest absolute Gasteiger partial charge is 0.228 e. The van der Waals surface area contributed by atoms with Crippen molar-refractivity contribution < 1.29 is 9.26 Å². The zero-order valence-corrected chi connectivity index (χ0v) is 15.4. The summed E-state index contributed by atoms with van der Waals surface area (Å²) in [5.74, 6) is 1.37. The standard InChI is InChI=1S/C20H28N4O2/c1-25-16-11-13-24(14-16)18-9-5-8-17(18)21-12-10-19-22-20(23-26-19)15-6-3-2-4-7-15/h2-4,6-7,16-18,21H,5,8-14H2,1H3/t16?,17-,18+/m1/s1. The van der Waals surface area contributed by atoms with Gasteiger partial charge in [0.25, 0.3) is 0 Å². The molecular formula is C20H28N4O2. The molecule has 1 aliphatic heterocycles. The van der Waals surface area contributed by atoms with Crippen molar-refractivity contribution in [2.45, 2.75) is 50.3 Å². The van der Waals surface area contributed by atoms with Crippen molar-refractivity contribution in [1.29, 1.82) is 0 Å². The summed E-state index contributed by atoms with van der Waals surface area (Å²) in [7, 11) is 1.83. The van der Waals surface area contributed by atoms with Crippen molar-refractivity contribution in [1.82, 2.24) is 20.4 Å². The monoisotopic (exact) mass is 356 g/mol. The molecule has 0 radical (unpaired) electrons. The Morgan fingerprint density at radius 3 is 2.92 bits per heavy atom. The molecule has 2 fully saturated rings. The lowest BCUT2D eigenvalue weighted by Crippen LogP contribution is -2.46. The fraction of sp³-hybridized carbons (Fsp3) is 0.600. The quantitative estimate of drug-likeness (QED) is 0.822. The molecule has 2 aromatic rings. The van der Waals surface area contributed by atoms with Crippen LogP contribution in [0, 0.1) is 0 Å². The van der Waals surface area contributed by atoms with Gasteiger partial charge < -0.3 is 14.6 Å². The number of ether oxygens (including phenoxy) is 1. The summed E-state index contributed by atoms with van der Waals surface area (Å²) in [5.41, 5.74) is 0.994. The van der Waals surface area contributed by atoms with Gasteiger partial charge in [-0.3, -0.25) is 4.90 Å². The second-order valence-corrected chi connectivity index (χ2v) is 7.33. The highest BCUT2D eigenvalue weighted by Crippen LogP contribution is 2.28. The Morgan fingerprint density at radius 2 is 2.12 bits per heavy atom. The van der Waals surface area contributed by atoms with E-state index in [4.69, 9.17) is 9.26 Å². The lowest BCUT2D eigenvalue weighted by atomic mass is 10.1. The summed E-state index contributed by atoms with van der Waals surface area (Å²) in [5, 5.41) is 7.83. The maximum Gasteiger partial charge on any atom is 0.228 e. The molecule has 1 saturated carbocycles. The van der Waals surface area contributed by atoms with Crippen LogP contribution in [0.2, 0.25) is 0 Å². The lowest BCUT2D eigenvalue weighted by Gasteiger charge is -2.30. The van der Waals surface area contributed by atoms with E-state index in [2.05, 4.69) is 20.4 Å². The van der Waals surface area contributed by atoms with Crippen molar-refractivity contribution in [2.75, 3.05) is 26.7 Å². The molecule has 1 aromatic carbocycles. The van der Waals surface area contributed by atoms with Crippen LogP contribution in [0.15, 0.2) is 34.9 Å². The van der Waals surface area contributed by atoms with Crippen LogP contribution >= 0.6 is 0 Å². The van der Waals surface area contributed by atoms with Crippen LogP contribution in [-0.4, -0.2) is 60.0 Å². The van der Waals surface area contributed by atoms with E-state index in [-0.39, 0.29) is 0 Å². The van der Waals surface area contributed by atoms with Gasteiger partial charge in [-0.1, -0.05) is 41.9 Å². The van der Waals surface area contributed by atoms with E-state index in [1.165, 1.54) is 19.3 Å². The molecule has 140 valence electrons. The van der Waals surface area contributed by atoms with Crippen LogP contribution in [0.4, 0.5) is 0 Å². The van der Waals surface area contributed by atoms with Gasteiger partial charge in [0, 0.05) is 50.8 Å². The van der Waals surface area contributed by atoms with Crippen LogP contribution < -0.4 is 5.32 Å². The zero-order valence-electron chi connectivity index (χ0n) is 15.4. The molecule has 2 heterocycles. The van der Waals surface area contributed by atoms with Crippen molar-refractivity contribution >= 4 is 0 Å². The topological polar surface area (TPSA) is 63.4 Å². The molecule has 0 amide bonds. The molecule has 6 heteroatoms. The molecule has 1 aliphatic carbocycles. The van der Waals surface area contributed by atoms with Gasteiger partial charge >= 0.3 is 0 Å². The molecule has 0 bridgehead atoms. The second kappa shape index (κ2) is 8.29. The minimum atomic E-state index is 0.408. The van der Waals surface area contributed by atoms with Crippen LogP contribution in [-0.2, 0) is 11.2 Å². The number of nitrogens with zero attached hydrogens (tertiary/aromatic N) is 3. The number of aromatic nitrogens is 2. The Hall–Kier alpha value is -1.76. The van der Waals surface area contributed by atoms with Gasteiger partial charge in [-0.25, -0.2) is 0 Å². The minimum Gasteiger partial charge on any atom is -0.380 e. The minimum absolute atomic E-state index is 0.408. The van der Waals surface area contributed by atoms with Crippen LogP contribution in [0.3, 0.4) is 0 Å². The highest BCUT2D eigenvalue weighted by Gasteiger charge is 2.35. The first-order chi connectivity index (χ1) is 12.8. The maximum atomic E-state index is 5.52. The third-order valence-corrected chi connectivity index (χ3v) is 5.70. The first-order valence-corrected chi connectivity index (χ1v) is 9.71. The predicted octanol–water partition coefficient (Wildman–Crippen LogP) is 2.51. The average molecular weight is 356 g/mol. The molecule has 4 rings (SSSR count). The average Bonchev–Trinajstić information content (AvgIpc) is 3.43. The Balaban J connectivity index is 1.27. The Bertz CT molecular complexity index is 690. The largest absolute Gasteiger partial charge is 0.380 e. The Labute approximate surface area is 154 Å². The SMILES string of the molecule is COC1CCN([C@H]2CCC[C@H]2NCCc2nc(-c3ccccc3)no2)C1. The van der Waals surface area contributed by atoms with E-state index in [0.29, 0.717) is 29.9 Å². The van der Waals surface area contributed by atoms with Gasteiger partial charge in [-0.05, 0) is 19.3 Å². The molecular weight excluding hydrogens is 328 g/mol. The number of benzene rings is 1. The van der Waals surface area contributed by atoms with Gasteiger partial charge in [0.1, 0.15) is 0 Å². The number of methoxy groups -OCH3 is 1. The molecule has 2 aliphatic rings. The van der Waals surface area contributed by atoms with Crippen molar-refractivity contribution in [3.05, 3.63) is 36.2 Å². The summed E-state index contributed by atoms with van der Waals surface area (Å²) in [6, 6.07) is 11.2. The summed E-state index contributed by atoms with van der Waals surface area (Å²) in [4.78, 5) is 7.13. The van der Waals surface area contributed by atoms with Crippen molar-refractivity contribution in [2.24, 2.45) is 0 Å². The summed E-state index contributed by atoms with van der Waals surface area (Å²) < 4.78 is 10.9. The summed E-state index contributed by atoms with van der Waals surface area (Å²) >= 11 is 0. The Kier molecular flexibility index (Phi) is 5.62. The molecule has 26 heavy (non-hydrogen) atoms. The highest BCUT2D eigenvalue weighted by molar-refractivity contribution is 5.53. The maximum absolute atomic E-state index is 5.52.